The number of fused-ring (bicyclic) bond motifs is 1. The summed E-state index contributed by atoms with van der Waals surface area (Å²) in [6, 6.07) is 0. The second-order valence-electron chi connectivity index (χ2n) is 9.80. The van der Waals surface area contributed by atoms with Crippen molar-refractivity contribution in [3.63, 3.8) is 0 Å². The molecular weight excluding hydrogens is 368 g/mol. The Balaban J connectivity index is 2.23. The highest BCUT2D eigenvalue weighted by Crippen LogP contribution is 2.61. The van der Waals surface area contributed by atoms with Gasteiger partial charge in [0, 0.05) is 13.8 Å². The molecule has 29 heavy (non-hydrogen) atoms. The minimum atomic E-state index is -0.665. The molecule has 0 amide bonds. The lowest BCUT2D eigenvalue weighted by Gasteiger charge is -2.60. The maximum atomic E-state index is 11.7. The molecule has 0 heterocycles. The van der Waals surface area contributed by atoms with Crippen LogP contribution in [-0.2, 0) is 19.1 Å². The average Bonchev–Trinajstić information content (AvgIpc) is 2.58. The summed E-state index contributed by atoms with van der Waals surface area (Å²) in [5, 5.41) is 11.0. The summed E-state index contributed by atoms with van der Waals surface area (Å²) < 4.78 is 10.6. The molecule has 0 aromatic heterocycles. The highest BCUT2D eigenvalue weighted by Gasteiger charge is 2.59. The SMILES string of the molecule is CC(=O)OC/C=C(\C)CC[C@@H]1C(C)=CC[C@@H]2C(C)(C)[C@@H](O)[C@@H](OC(C)=O)C[C@@]12C. The first-order valence-corrected chi connectivity index (χ1v) is 10.7. The van der Waals surface area contributed by atoms with Crippen LogP contribution in [0.4, 0.5) is 0 Å². The molecule has 5 heteroatoms. The zero-order valence-electron chi connectivity index (χ0n) is 19.1. The second kappa shape index (κ2) is 9.03. The Hall–Kier alpha value is -1.62. The van der Waals surface area contributed by atoms with Crippen LogP contribution >= 0.6 is 0 Å². The largest absolute Gasteiger partial charge is 0.462 e. The predicted molar refractivity (Wildman–Crippen MR) is 113 cm³/mol. The lowest BCUT2D eigenvalue weighted by molar-refractivity contribution is -0.196. The highest BCUT2D eigenvalue weighted by atomic mass is 16.6. The van der Waals surface area contributed by atoms with Crippen molar-refractivity contribution in [1.29, 1.82) is 0 Å². The van der Waals surface area contributed by atoms with Gasteiger partial charge in [0.15, 0.2) is 0 Å². The van der Waals surface area contributed by atoms with Gasteiger partial charge in [0.05, 0.1) is 6.10 Å². The molecule has 2 aliphatic carbocycles. The fourth-order valence-electron chi connectivity index (χ4n) is 5.80. The number of aliphatic hydroxyl groups excluding tert-OH is 1. The summed E-state index contributed by atoms with van der Waals surface area (Å²) in [4.78, 5) is 22.6. The van der Waals surface area contributed by atoms with Crippen molar-refractivity contribution in [2.75, 3.05) is 6.61 Å². The summed E-state index contributed by atoms with van der Waals surface area (Å²) in [6.45, 7) is 13.9. The first-order valence-electron chi connectivity index (χ1n) is 10.7. The number of carbonyl (C=O) groups is 2. The Morgan fingerprint density at radius 1 is 1.21 bits per heavy atom. The van der Waals surface area contributed by atoms with Crippen LogP contribution < -0.4 is 0 Å². The van der Waals surface area contributed by atoms with E-state index >= 15 is 0 Å². The Morgan fingerprint density at radius 2 is 1.86 bits per heavy atom. The Kier molecular flexibility index (Phi) is 7.37. The highest BCUT2D eigenvalue weighted by molar-refractivity contribution is 5.66. The summed E-state index contributed by atoms with van der Waals surface area (Å²) in [5.41, 5.74) is 2.18. The standard InChI is InChI=1S/C24H38O5/c1-15(12-13-28-17(3)25)8-10-19-16(2)9-11-21-23(5,6)22(27)20(29-18(4)26)14-24(19,21)7/h9,12,19-22,27H,8,10-11,13-14H2,1-7H3/b15-12+/t19-,20+,21-,22+,24+/m1/s1. The maximum absolute atomic E-state index is 11.7. The molecule has 1 N–H and O–H groups in total. The molecule has 0 saturated heterocycles. The first-order chi connectivity index (χ1) is 13.4. The van der Waals surface area contributed by atoms with Crippen LogP contribution in [0.5, 0.6) is 0 Å². The van der Waals surface area contributed by atoms with E-state index in [4.69, 9.17) is 9.47 Å². The van der Waals surface area contributed by atoms with E-state index in [-0.39, 0.29) is 22.8 Å². The minimum absolute atomic E-state index is 0.0577. The van der Waals surface area contributed by atoms with Crippen molar-refractivity contribution < 1.29 is 24.2 Å². The van der Waals surface area contributed by atoms with Crippen LogP contribution in [0.25, 0.3) is 0 Å². The molecule has 0 radical (unpaired) electrons. The normalized spacial score (nSPS) is 34.1. The van der Waals surface area contributed by atoms with Gasteiger partial charge < -0.3 is 14.6 Å². The first kappa shape index (κ1) is 23.7. The van der Waals surface area contributed by atoms with Gasteiger partial charge in [0.25, 0.3) is 0 Å². The molecule has 1 fully saturated rings. The van der Waals surface area contributed by atoms with Crippen molar-refractivity contribution in [2.45, 2.75) is 86.4 Å². The number of rotatable bonds is 6. The number of carbonyl (C=O) groups excluding carboxylic acids is 2. The monoisotopic (exact) mass is 406 g/mol. The van der Waals surface area contributed by atoms with E-state index in [2.05, 4.69) is 40.7 Å². The van der Waals surface area contributed by atoms with E-state index in [9.17, 15) is 14.7 Å². The van der Waals surface area contributed by atoms with Crippen molar-refractivity contribution in [3.05, 3.63) is 23.3 Å². The third-order valence-corrected chi connectivity index (χ3v) is 7.33. The van der Waals surface area contributed by atoms with E-state index in [1.54, 1.807) is 0 Å². The molecule has 0 aromatic rings. The van der Waals surface area contributed by atoms with E-state index < -0.39 is 12.2 Å². The van der Waals surface area contributed by atoms with Gasteiger partial charge in [-0.2, -0.15) is 0 Å². The average molecular weight is 407 g/mol. The predicted octanol–water partition coefficient (Wildman–Crippen LogP) is 4.59. The van der Waals surface area contributed by atoms with Gasteiger partial charge in [0.1, 0.15) is 12.7 Å². The number of aliphatic hydroxyl groups is 1. The zero-order chi connectivity index (χ0) is 22.0. The fraction of sp³-hybridized carbons (Fsp3) is 0.750. The molecule has 164 valence electrons. The van der Waals surface area contributed by atoms with Crippen LogP contribution in [-0.4, -0.2) is 35.9 Å². The quantitative estimate of drug-likeness (QED) is 0.516. The third kappa shape index (κ3) is 5.11. The molecule has 5 atom stereocenters. The van der Waals surface area contributed by atoms with Gasteiger partial charge in [-0.1, -0.05) is 38.0 Å². The Bertz CT molecular complexity index is 689. The van der Waals surface area contributed by atoms with Crippen molar-refractivity contribution >= 4 is 11.9 Å². The van der Waals surface area contributed by atoms with Crippen LogP contribution in [0.3, 0.4) is 0 Å². The summed E-state index contributed by atoms with van der Waals surface area (Å²) in [6.07, 6.45) is 6.68. The van der Waals surface area contributed by atoms with Gasteiger partial charge in [0.2, 0.25) is 0 Å². The van der Waals surface area contributed by atoms with E-state index in [0.29, 0.717) is 24.9 Å². The zero-order valence-corrected chi connectivity index (χ0v) is 19.1. The molecule has 2 rings (SSSR count). The lowest BCUT2D eigenvalue weighted by Crippen LogP contribution is -2.60. The van der Waals surface area contributed by atoms with E-state index in [0.717, 1.165) is 19.3 Å². The van der Waals surface area contributed by atoms with E-state index in [1.165, 1.54) is 25.0 Å². The fourth-order valence-corrected chi connectivity index (χ4v) is 5.80. The van der Waals surface area contributed by atoms with Crippen molar-refractivity contribution in [2.24, 2.45) is 22.7 Å². The Labute approximate surface area is 175 Å². The number of hydrogen-bond acceptors (Lipinski definition) is 5. The lowest BCUT2D eigenvalue weighted by atomic mass is 9.46. The van der Waals surface area contributed by atoms with Crippen LogP contribution in [0.2, 0.25) is 0 Å². The summed E-state index contributed by atoms with van der Waals surface area (Å²) in [5.74, 6) is 0.0599. The number of allylic oxidation sites excluding steroid dienone is 3. The molecule has 0 aromatic carbocycles. The van der Waals surface area contributed by atoms with Gasteiger partial charge in [-0.15, -0.1) is 0 Å². The van der Waals surface area contributed by atoms with Gasteiger partial charge in [-0.3, -0.25) is 9.59 Å². The minimum Gasteiger partial charge on any atom is -0.462 e. The van der Waals surface area contributed by atoms with Crippen LogP contribution in [0.1, 0.15) is 74.1 Å². The van der Waals surface area contributed by atoms with E-state index in [1.807, 2.05) is 6.08 Å². The molecular formula is C24H38O5. The molecule has 2 aliphatic rings. The molecule has 0 spiro atoms. The summed E-state index contributed by atoms with van der Waals surface area (Å²) in [7, 11) is 0. The van der Waals surface area contributed by atoms with Crippen molar-refractivity contribution in [1.82, 2.24) is 0 Å². The third-order valence-electron chi connectivity index (χ3n) is 7.33. The number of hydrogen-bond donors (Lipinski definition) is 1. The number of ether oxygens (including phenoxy) is 2. The smallest absolute Gasteiger partial charge is 0.302 e. The Morgan fingerprint density at radius 3 is 2.45 bits per heavy atom. The topological polar surface area (TPSA) is 72.8 Å². The molecule has 5 nitrogen and oxygen atoms in total. The maximum Gasteiger partial charge on any atom is 0.302 e. The molecule has 0 bridgehead atoms. The number of esters is 2. The molecule has 0 unspecified atom stereocenters. The molecule has 1 saturated carbocycles. The van der Waals surface area contributed by atoms with Gasteiger partial charge in [-0.25, -0.2) is 0 Å². The van der Waals surface area contributed by atoms with Crippen molar-refractivity contribution in [3.8, 4) is 0 Å². The second-order valence-corrected chi connectivity index (χ2v) is 9.80. The van der Waals surface area contributed by atoms with Crippen LogP contribution in [0.15, 0.2) is 23.3 Å². The summed E-state index contributed by atoms with van der Waals surface area (Å²) >= 11 is 0. The van der Waals surface area contributed by atoms with Gasteiger partial charge >= 0.3 is 11.9 Å². The van der Waals surface area contributed by atoms with Crippen LogP contribution in [0, 0.1) is 22.7 Å². The van der Waals surface area contributed by atoms with Gasteiger partial charge in [-0.05, 0) is 68.3 Å². The molecule has 0 aliphatic heterocycles.